The summed E-state index contributed by atoms with van der Waals surface area (Å²) in [6, 6.07) is 10.7. The monoisotopic (exact) mass is 336 g/mol. The summed E-state index contributed by atoms with van der Waals surface area (Å²) in [6.45, 7) is 5.77. The molecule has 0 spiro atoms. The molecule has 1 atom stereocenters. The summed E-state index contributed by atoms with van der Waals surface area (Å²) < 4.78 is 14.1. The van der Waals surface area contributed by atoms with E-state index in [2.05, 4.69) is 22.0 Å². The zero-order valence-electron chi connectivity index (χ0n) is 11.9. The maximum absolute atomic E-state index is 13.4. The smallest absolute Gasteiger partial charge is 0.124 e. The van der Waals surface area contributed by atoms with Crippen molar-refractivity contribution in [3.63, 3.8) is 0 Å². The minimum absolute atomic E-state index is 0.300. The Morgan fingerprint density at radius 2 is 1.65 bits per heavy atom. The Hall–Kier alpha value is -1.19. The predicted octanol–water partition coefficient (Wildman–Crippen LogP) is 4.66. The maximum Gasteiger partial charge on any atom is 0.124 e. The second-order valence-electron chi connectivity index (χ2n) is 5.60. The molecule has 0 bridgehead atoms. The van der Waals surface area contributed by atoms with E-state index < -0.39 is 5.60 Å². The summed E-state index contributed by atoms with van der Waals surface area (Å²) in [4.78, 5) is 0. The summed E-state index contributed by atoms with van der Waals surface area (Å²) in [6.07, 6.45) is 0.367. The number of hydrogen-bond acceptors (Lipinski definition) is 1. The van der Waals surface area contributed by atoms with Crippen LogP contribution in [0.15, 0.2) is 40.9 Å². The van der Waals surface area contributed by atoms with Gasteiger partial charge in [0.15, 0.2) is 0 Å². The first-order valence-electron chi connectivity index (χ1n) is 6.52. The lowest BCUT2D eigenvalue weighted by Gasteiger charge is -2.25. The highest BCUT2D eigenvalue weighted by molar-refractivity contribution is 9.10. The molecule has 2 aromatic carbocycles. The van der Waals surface area contributed by atoms with Crippen molar-refractivity contribution in [3.05, 3.63) is 68.9 Å². The molecule has 1 nitrogen and oxygen atoms in total. The van der Waals surface area contributed by atoms with Crippen LogP contribution in [-0.2, 0) is 12.0 Å². The Balaban J connectivity index is 2.34. The molecule has 0 aliphatic rings. The number of aryl methyl sites for hydroxylation is 2. The van der Waals surface area contributed by atoms with Crippen molar-refractivity contribution in [3.8, 4) is 0 Å². The lowest BCUT2D eigenvalue weighted by Crippen LogP contribution is -2.24. The van der Waals surface area contributed by atoms with Crippen LogP contribution in [0, 0.1) is 19.7 Å². The largest absolute Gasteiger partial charge is 0.385 e. The Morgan fingerprint density at radius 1 is 1.05 bits per heavy atom. The summed E-state index contributed by atoms with van der Waals surface area (Å²) in [5.41, 5.74) is 2.82. The quantitative estimate of drug-likeness (QED) is 0.864. The first-order valence-corrected chi connectivity index (χ1v) is 7.32. The van der Waals surface area contributed by atoms with E-state index in [9.17, 15) is 9.50 Å². The normalized spacial score (nSPS) is 14.1. The van der Waals surface area contributed by atoms with Gasteiger partial charge in [-0.15, -0.1) is 0 Å². The molecule has 0 saturated carbocycles. The Labute approximate surface area is 127 Å². The van der Waals surface area contributed by atoms with Gasteiger partial charge in [-0.2, -0.15) is 0 Å². The van der Waals surface area contributed by atoms with Crippen molar-refractivity contribution >= 4 is 15.9 Å². The highest BCUT2D eigenvalue weighted by Crippen LogP contribution is 2.28. The highest BCUT2D eigenvalue weighted by atomic mass is 79.9. The average molecular weight is 337 g/mol. The van der Waals surface area contributed by atoms with E-state index in [-0.39, 0.29) is 5.82 Å². The lowest BCUT2D eigenvalue weighted by atomic mass is 9.87. The molecule has 3 heteroatoms. The molecule has 0 aliphatic heterocycles. The van der Waals surface area contributed by atoms with Gasteiger partial charge in [0.05, 0.1) is 5.60 Å². The van der Waals surface area contributed by atoms with Gasteiger partial charge < -0.3 is 5.11 Å². The van der Waals surface area contributed by atoms with Crippen LogP contribution in [0.1, 0.15) is 29.2 Å². The van der Waals surface area contributed by atoms with Crippen molar-refractivity contribution in [1.29, 1.82) is 0 Å². The van der Waals surface area contributed by atoms with E-state index in [0.717, 1.165) is 22.3 Å². The lowest BCUT2D eigenvalue weighted by molar-refractivity contribution is 0.0574. The van der Waals surface area contributed by atoms with Crippen molar-refractivity contribution < 1.29 is 9.50 Å². The molecule has 20 heavy (non-hydrogen) atoms. The fourth-order valence-corrected chi connectivity index (χ4v) is 3.01. The van der Waals surface area contributed by atoms with Gasteiger partial charge in [0.25, 0.3) is 0 Å². The molecule has 0 radical (unpaired) electrons. The van der Waals surface area contributed by atoms with Gasteiger partial charge in [0.1, 0.15) is 5.82 Å². The number of benzene rings is 2. The third-order valence-electron chi connectivity index (χ3n) is 3.31. The molecule has 0 aromatic heterocycles. The molecule has 2 rings (SSSR count). The second kappa shape index (κ2) is 5.66. The summed E-state index contributed by atoms with van der Waals surface area (Å²) >= 11 is 3.28. The van der Waals surface area contributed by atoms with E-state index in [1.54, 1.807) is 6.92 Å². The number of aliphatic hydroxyl groups is 1. The van der Waals surface area contributed by atoms with Crippen molar-refractivity contribution in [2.45, 2.75) is 32.8 Å². The molecular weight excluding hydrogens is 319 g/mol. The molecule has 0 aliphatic carbocycles. The van der Waals surface area contributed by atoms with Crippen LogP contribution in [0.4, 0.5) is 4.39 Å². The van der Waals surface area contributed by atoms with Crippen LogP contribution < -0.4 is 0 Å². The Morgan fingerprint density at radius 3 is 2.20 bits per heavy atom. The molecule has 0 saturated heterocycles. The van der Waals surface area contributed by atoms with Gasteiger partial charge in [-0.25, -0.2) is 4.39 Å². The van der Waals surface area contributed by atoms with Gasteiger partial charge in [-0.1, -0.05) is 45.3 Å². The van der Waals surface area contributed by atoms with Crippen LogP contribution in [0.3, 0.4) is 0 Å². The van der Waals surface area contributed by atoms with Crippen LogP contribution in [0.2, 0.25) is 0 Å². The number of halogens is 2. The van der Waals surface area contributed by atoms with Crippen LogP contribution in [0.25, 0.3) is 0 Å². The maximum atomic E-state index is 13.4. The molecule has 1 unspecified atom stereocenters. The van der Waals surface area contributed by atoms with Gasteiger partial charge in [-0.3, -0.25) is 0 Å². The average Bonchev–Trinajstić information content (AvgIpc) is 2.25. The van der Waals surface area contributed by atoms with Gasteiger partial charge in [-0.05, 0) is 50.1 Å². The molecule has 0 fully saturated rings. The third kappa shape index (κ3) is 3.68. The summed E-state index contributed by atoms with van der Waals surface area (Å²) in [7, 11) is 0. The van der Waals surface area contributed by atoms with Crippen molar-refractivity contribution in [2.24, 2.45) is 0 Å². The van der Waals surface area contributed by atoms with Crippen LogP contribution in [-0.4, -0.2) is 5.11 Å². The van der Waals surface area contributed by atoms with E-state index >= 15 is 0 Å². The second-order valence-corrected chi connectivity index (χ2v) is 6.52. The van der Waals surface area contributed by atoms with E-state index in [0.29, 0.717) is 10.9 Å². The van der Waals surface area contributed by atoms with Crippen molar-refractivity contribution in [2.75, 3.05) is 0 Å². The zero-order valence-corrected chi connectivity index (χ0v) is 13.5. The predicted molar refractivity (Wildman–Crippen MR) is 83.3 cm³/mol. The molecule has 0 heterocycles. The fraction of sp³-hybridized carbons (Fsp3) is 0.294. The van der Waals surface area contributed by atoms with Gasteiger partial charge >= 0.3 is 0 Å². The van der Waals surface area contributed by atoms with Gasteiger partial charge in [0.2, 0.25) is 0 Å². The van der Waals surface area contributed by atoms with E-state index in [4.69, 9.17) is 0 Å². The fourth-order valence-electron chi connectivity index (χ4n) is 2.50. The first-order chi connectivity index (χ1) is 9.26. The minimum atomic E-state index is -1.02. The third-order valence-corrected chi connectivity index (χ3v) is 3.77. The highest BCUT2D eigenvalue weighted by Gasteiger charge is 2.24. The standard InChI is InChI=1S/C17H18BrFO/c1-11-4-12(2)6-14(5-11)17(3,20)10-13-7-15(18)9-16(19)8-13/h4-9,20H,10H2,1-3H3. The minimum Gasteiger partial charge on any atom is -0.385 e. The molecular formula is C17H18BrFO. The first kappa shape index (κ1) is 15.2. The van der Waals surface area contributed by atoms with Crippen LogP contribution >= 0.6 is 15.9 Å². The summed E-state index contributed by atoms with van der Waals surface area (Å²) in [5.74, 6) is -0.300. The van der Waals surface area contributed by atoms with E-state index in [1.165, 1.54) is 12.1 Å². The van der Waals surface area contributed by atoms with Crippen LogP contribution in [0.5, 0.6) is 0 Å². The molecule has 2 aromatic rings. The number of rotatable bonds is 3. The van der Waals surface area contributed by atoms with Crippen molar-refractivity contribution in [1.82, 2.24) is 0 Å². The van der Waals surface area contributed by atoms with Gasteiger partial charge in [0, 0.05) is 10.9 Å². The topological polar surface area (TPSA) is 20.2 Å². The summed E-state index contributed by atoms with van der Waals surface area (Å²) in [5, 5.41) is 10.7. The molecule has 0 amide bonds. The zero-order chi connectivity index (χ0) is 14.9. The SMILES string of the molecule is Cc1cc(C)cc(C(C)(O)Cc2cc(F)cc(Br)c2)c1. The molecule has 106 valence electrons. The molecule has 1 N–H and O–H groups in total. The Kier molecular flexibility index (Phi) is 4.31. The van der Waals surface area contributed by atoms with E-state index in [1.807, 2.05) is 32.0 Å². The Bertz CT molecular complexity index is 594. The number of hydrogen-bond donors (Lipinski definition) is 1.